The van der Waals surface area contributed by atoms with E-state index < -0.39 is 0 Å². The number of hydrogen-bond acceptors (Lipinski definition) is 0. The van der Waals surface area contributed by atoms with E-state index in [4.69, 9.17) is 0 Å². The van der Waals surface area contributed by atoms with Gasteiger partial charge >= 0.3 is 0 Å². The Kier molecular flexibility index (Phi) is 4.17. The van der Waals surface area contributed by atoms with Crippen LogP contribution in [0.2, 0.25) is 0 Å². The minimum Gasteiger partial charge on any atom is -0.0654 e. The minimum atomic E-state index is 0.699. The summed E-state index contributed by atoms with van der Waals surface area (Å²) in [5.74, 6) is 0.699. The van der Waals surface area contributed by atoms with Crippen molar-refractivity contribution in [3.05, 3.63) is 6.92 Å². The zero-order chi connectivity index (χ0) is 5.70. The molecule has 1 atom stereocenters. The minimum absolute atomic E-state index is 0.699. The van der Waals surface area contributed by atoms with Crippen LogP contribution in [0.4, 0.5) is 0 Å². The Labute approximate surface area is 46.9 Å². The Morgan fingerprint density at radius 3 is 2.14 bits per heavy atom. The zero-order valence-corrected chi connectivity index (χ0v) is 5.41. The van der Waals surface area contributed by atoms with E-state index in [1.807, 2.05) is 0 Å². The first-order valence-electron chi connectivity index (χ1n) is 3.14. The van der Waals surface area contributed by atoms with Crippen LogP contribution in [0.3, 0.4) is 0 Å². The van der Waals surface area contributed by atoms with Crippen LogP contribution >= 0.6 is 0 Å². The van der Waals surface area contributed by atoms with Crippen LogP contribution in [-0.2, 0) is 0 Å². The molecule has 1 radical (unpaired) electrons. The summed E-state index contributed by atoms with van der Waals surface area (Å²) in [7, 11) is 0. The average molecular weight is 99.2 g/mol. The molecule has 0 saturated carbocycles. The quantitative estimate of drug-likeness (QED) is 0.510. The molecular formula is C7H15. The third kappa shape index (κ3) is 3.84. The van der Waals surface area contributed by atoms with Crippen LogP contribution in [0, 0.1) is 12.8 Å². The molecule has 0 bridgehead atoms. The lowest BCUT2D eigenvalue weighted by molar-refractivity contribution is 0.559. The summed E-state index contributed by atoms with van der Waals surface area (Å²) in [4.78, 5) is 0. The largest absolute Gasteiger partial charge is 0.0654 e. The lowest BCUT2D eigenvalue weighted by atomic mass is 10.0. The summed E-state index contributed by atoms with van der Waals surface area (Å²) in [5.41, 5.74) is 0. The summed E-state index contributed by atoms with van der Waals surface area (Å²) >= 11 is 0. The van der Waals surface area contributed by atoms with Gasteiger partial charge in [0.25, 0.3) is 0 Å². The SMILES string of the molecule is [CH2][C@H](CC)CCC. The van der Waals surface area contributed by atoms with Crippen molar-refractivity contribution < 1.29 is 0 Å². The Bertz CT molecular complexity index is 31.0. The molecule has 0 aliphatic heterocycles. The van der Waals surface area contributed by atoms with E-state index in [0.29, 0.717) is 5.92 Å². The molecule has 0 rings (SSSR count). The monoisotopic (exact) mass is 99.1 g/mol. The van der Waals surface area contributed by atoms with Gasteiger partial charge in [-0.15, -0.1) is 0 Å². The first-order chi connectivity index (χ1) is 3.31. The van der Waals surface area contributed by atoms with Gasteiger partial charge in [0.2, 0.25) is 0 Å². The number of hydrogen-bond donors (Lipinski definition) is 0. The number of rotatable bonds is 3. The maximum absolute atomic E-state index is 3.95. The van der Waals surface area contributed by atoms with Gasteiger partial charge in [0, 0.05) is 0 Å². The molecule has 0 aromatic carbocycles. The third-order valence-corrected chi connectivity index (χ3v) is 1.27. The first kappa shape index (κ1) is 7.00. The van der Waals surface area contributed by atoms with Crippen LogP contribution in [0.5, 0.6) is 0 Å². The van der Waals surface area contributed by atoms with Crippen molar-refractivity contribution >= 4 is 0 Å². The molecule has 0 aromatic heterocycles. The second-order valence-electron chi connectivity index (χ2n) is 2.06. The second kappa shape index (κ2) is 4.17. The van der Waals surface area contributed by atoms with Gasteiger partial charge in [-0.2, -0.15) is 0 Å². The van der Waals surface area contributed by atoms with Gasteiger partial charge in [0.15, 0.2) is 0 Å². The Morgan fingerprint density at radius 2 is 2.00 bits per heavy atom. The highest BCUT2D eigenvalue weighted by molar-refractivity contribution is 4.55. The van der Waals surface area contributed by atoms with E-state index in [-0.39, 0.29) is 0 Å². The smallest absolute Gasteiger partial charge is 0.0417 e. The fourth-order valence-electron chi connectivity index (χ4n) is 0.612. The molecule has 7 heavy (non-hydrogen) atoms. The standard InChI is InChI=1S/C7H15/c1-4-6-7(3)5-2/h7H,3-6H2,1-2H3/t7-/m1/s1. The van der Waals surface area contributed by atoms with E-state index in [2.05, 4.69) is 20.8 Å². The highest BCUT2D eigenvalue weighted by Gasteiger charge is 1.92. The first-order valence-corrected chi connectivity index (χ1v) is 3.14. The summed E-state index contributed by atoms with van der Waals surface area (Å²) in [6.07, 6.45) is 3.80. The molecule has 0 aliphatic carbocycles. The maximum atomic E-state index is 3.95. The molecule has 0 heterocycles. The summed E-state index contributed by atoms with van der Waals surface area (Å²) in [5, 5.41) is 0. The molecule has 0 aromatic rings. The van der Waals surface area contributed by atoms with Crippen molar-refractivity contribution in [2.75, 3.05) is 0 Å². The van der Waals surface area contributed by atoms with E-state index in [0.717, 1.165) is 0 Å². The van der Waals surface area contributed by atoms with Gasteiger partial charge in [0.1, 0.15) is 0 Å². The van der Waals surface area contributed by atoms with E-state index in [9.17, 15) is 0 Å². The summed E-state index contributed by atoms with van der Waals surface area (Å²) in [6.45, 7) is 8.34. The van der Waals surface area contributed by atoms with Crippen molar-refractivity contribution in [1.82, 2.24) is 0 Å². The van der Waals surface area contributed by atoms with Gasteiger partial charge in [-0.25, -0.2) is 0 Å². The second-order valence-corrected chi connectivity index (χ2v) is 2.06. The predicted octanol–water partition coefficient (Wildman–Crippen LogP) is 2.65. The normalized spacial score (nSPS) is 14.1. The third-order valence-electron chi connectivity index (χ3n) is 1.27. The van der Waals surface area contributed by atoms with Crippen molar-refractivity contribution in [2.45, 2.75) is 33.1 Å². The van der Waals surface area contributed by atoms with E-state index >= 15 is 0 Å². The van der Waals surface area contributed by atoms with Crippen LogP contribution in [0.25, 0.3) is 0 Å². The van der Waals surface area contributed by atoms with Gasteiger partial charge < -0.3 is 0 Å². The van der Waals surface area contributed by atoms with E-state index in [1.165, 1.54) is 19.3 Å². The van der Waals surface area contributed by atoms with E-state index in [1.54, 1.807) is 0 Å². The molecular weight excluding hydrogens is 84.1 g/mol. The van der Waals surface area contributed by atoms with Gasteiger partial charge in [-0.3, -0.25) is 0 Å². The van der Waals surface area contributed by atoms with Crippen molar-refractivity contribution in [3.8, 4) is 0 Å². The van der Waals surface area contributed by atoms with Crippen molar-refractivity contribution in [2.24, 2.45) is 5.92 Å². The Balaban J connectivity index is 2.83. The maximum Gasteiger partial charge on any atom is -0.0417 e. The van der Waals surface area contributed by atoms with Crippen LogP contribution in [0.15, 0.2) is 0 Å². The fraction of sp³-hybridized carbons (Fsp3) is 0.857. The molecule has 0 aliphatic rings. The molecule has 0 saturated heterocycles. The van der Waals surface area contributed by atoms with Gasteiger partial charge in [-0.1, -0.05) is 40.0 Å². The lowest BCUT2D eigenvalue weighted by Gasteiger charge is -2.02. The molecule has 43 valence electrons. The molecule has 0 unspecified atom stereocenters. The average Bonchev–Trinajstić information content (AvgIpc) is 1.68. The molecule has 0 N–H and O–H groups in total. The summed E-state index contributed by atoms with van der Waals surface area (Å²) in [6, 6.07) is 0. The molecule has 0 amide bonds. The van der Waals surface area contributed by atoms with Gasteiger partial charge in [-0.05, 0) is 5.92 Å². The Morgan fingerprint density at radius 1 is 1.43 bits per heavy atom. The molecule has 0 spiro atoms. The summed E-state index contributed by atoms with van der Waals surface area (Å²) < 4.78 is 0. The molecule has 0 heteroatoms. The predicted molar refractivity (Wildman–Crippen MR) is 34.0 cm³/mol. The van der Waals surface area contributed by atoms with Crippen LogP contribution in [-0.4, -0.2) is 0 Å². The van der Waals surface area contributed by atoms with Crippen LogP contribution in [0.1, 0.15) is 33.1 Å². The molecule has 0 fully saturated rings. The highest BCUT2D eigenvalue weighted by atomic mass is 14.0. The van der Waals surface area contributed by atoms with Crippen molar-refractivity contribution in [1.29, 1.82) is 0 Å². The van der Waals surface area contributed by atoms with Crippen molar-refractivity contribution in [3.63, 3.8) is 0 Å². The lowest BCUT2D eigenvalue weighted by Crippen LogP contribution is -1.88. The topological polar surface area (TPSA) is 0 Å². The van der Waals surface area contributed by atoms with Crippen LogP contribution < -0.4 is 0 Å². The molecule has 0 nitrogen and oxygen atoms in total. The highest BCUT2D eigenvalue weighted by Crippen LogP contribution is 2.06. The zero-order valence-electron chi connectivity index (χ0n) is 5.41. The van der Waals surface area contributed by atoms with Gasteiger partial charge in [0.05, 0.1) is 0 Å². The fourth-order valence-corrected chi connectivity index (χ4v) is 0.612. The Hall–Kier alpha value is 0.